The first kappa shape index (κ1) is 15.9. The minimum Gasteiger partial charge on any atom is -0.438 e. The molecule has 0 aliphatic carbocycles. The molecular weight excluding hydrogens is 310 g/mol. The van der Waals surface area contributed by atoms with Gasteiger partial charge in [-0.1, -0.05) is 17.3 Å². The molecule has 0 radical (unpaired) electrons. The molecule has 0 saturated heterocycles. The summed E-state index contributed by atoms with van der Waals surface area (Å²) in [4.78, 5) is 22.7. The summed E-state index contributed by atoms with van der Waals surface area (Å²) in [5.74, 6) is 1.50. The van der Waals surface area contributed by atoms with Crippen LogP contribution >= 0.6 is 0 Å². The molecule has 8 heteroatoms. The van der Waals surface area contributed by atoms with E-state index in [0.29, 0.717) is 41.9 Å². The predicted octanol–water partition coefficient (Wildman–Crippen LogP) is 1.86. The van der Waals surface area contributed by atoms with E-state index in [1.54, 1.807) is 6.07 Å². The number of para-hydroxylation sites is 1. The van der Waals surface area contributed by atoms with Gasteiger partial charge >= 0.3 is 0 Å². The van der Waals surface area contributed by atoms with Gasteiger partial charge in [-0.25, -0.2) is 15.4 Å². The first-order valence-corrected chi connectivity index (χ1v) is 7.37. The highest BCUT2D eigenvalue weighted by atomic mass is 16.6. The van der Waals surface area contributed by atoms with Crippen LogP contribution in [0.4, 0.5) is 0 Å². The fourth-order valence-electron chi connectivity index (χ4n) is 2.14. The van der Waals surface area contributed by atoms with Crippen LogP contribution in [0.3, 0.4) is 0 Å². The molecule has 1 aromatic heterocycles. The van der Waals surface area contributed by atoms with Crippen molar-refractivity contribution in [2.24, 2.45) is 10.1 Å². The minimum atomic E-state index is 0.446. The summed E-state index contributed by atoms with van der Waals surface area (Å²) < 4.78 is 5.90. The fraction of sp³-hybridized carbons (Fsp3) is 0.250. The Morgan fingerprint density at radius 2 is 2.17 bits per heavy atom. The Morgan fingerprint density at radius 3 is 2.92 bits per heavy atom. The van der Waals surface area contributed by atoms with Gasteiger partial charge in [0.05, 0.1) is 18.7 Å². The number of hydroxylamine groups is 1. The average molecular weight is 327 g/mol. The van der Waals surface area contributed by atoms with Gasteiger partial charge in [0.25, 0.3) is 0 Å². The normalized spacial score (nSPS) is 14.6. The van der Waals surface area contributed by atoms with Crippen molar-refractivity contribution in [1.82, 2.24) is 15.4 Å². The van der Waals surface area contributed by atoms with Gasteiger partial charge in [0.2, 0.25) is 5.88 Å². The van der Waals surface area contributed by atoms with Crippen LogP contribution in [0.2, 0.25) is 0 Å². The van der Waals surface area contributed by atoms with E-state index >= 15 is 0 Å². The number of hydrogen-bond acceptors (Lipinski definition) is 8. The Morgan fingerprint density at radius 1 is 1.29 bits per heavy atom. The number of aryl methyl sites for hydroxylation is 1. The third kappa shape index (κ3) is 3.66. The Balaban J connectivity index is 1.97. The number of aromatic nitrogens is 2. The molecule has 1 aliphatic rings. The molecule has 0 saturated carbocycles. The molecule has 1 aliphatic heterocycles. The van der Waals surface area contributed by atoms with Gasteiger partial charge in [0, 0.05) is 11.8 Å². The number of oxime groups is 1. The summed E-state index contributed by atoms with van der Waals surface area (Å²) in [5.41, 5.74) is 4.76. The number of ether oxygens (including phenoxy) is 1. The highest BCUT2D eigenvalue weighted by Gasteiger charge is 2.20. The van der Waals surface area contributed by atoms with E-state index in [1.807, 2.05) is 31.2 Å². The van der Waals surface area contributed by atoms with Crippen molar-refractivity contribution in [3.8, 4) is 11.6 Å². The number of nitrogens with one attached hydrogen (secondary N) is 1. The van der Waals surface area contributed by atoms with Gasteiger partial charge in [-0.2, -0.15) is 0 Å². The van der Waals surface area contributed by atoms with E-state index in [-0.39, 0.29) is 0 Å². The molecular formula is C16H17N5O3. The number of amidine groups is 1. The van der Waals surface area contributed by atoms with Crippen LogP contribution in [0.1, 0.15) is 11.3 Å². The summed E-state index contributed by atoms with van der Waals surface area (Å²) in [7, 11) is 1.47. The van der Waals surface area contributed by atoms with Crippen LogP contribution in [-0.4, -0.2) is 41.8 Å². The van der Waals surface area contributed by atoms with E-state index < -0.39 is 0 Å². The lowest BCUT2D eigenvalue weighted by atomic mass is 10.1. The minimum absolute atomic E-state index is 0.446. The zero-order chi connectivity index (χ0) is 16.8. The highest BCUT2D eigenvalue weighted by molar-refractivity contribution is 6.47. The molecule has 2 heterocycles. The topological polar surface area (TPSA) is 90.2 Å². The lowest BCUT2D eigenvalue weighted by Crippen LogP contribution is -2.37. The number of benzene rings is 1. The van der Waals surface area contributed by atoms with E-state index in [9.17, 15) is 0 Å². The Hall–Kier alpha value is -3.00. The zero-order valence-corrected chi connectivity index (χ0v) is 13.4. The number of nitrogens with zero attached hydrogens (tertiary/aromatic N) is 4. The Kier molecular flexibility index (Phi) is 4.97. The van der Waals surface area contributed by atoms with Crippen molar-refractivity contribution in [3.05, 3.63) is 47.9 Å². The second kappa shape index (κ2) is 7.51. The molecule has 0 bridgehead atoms. The molecule has 0 atom stereocenters. The molecule has 3 rings (SSSR count). The van der Waals surface area contributed by atoms with Gasteiger partial charge in [-0.15, -0.1) is 0 Å². The summed E-state index contributed by atoms with van der Waals surface area (Å²) >= 11 is 0. The van der Waals surface area contributed by atoms with E-state index in [4.69, 9.17) is 14.4 Å². The maximum atomic E-state index is 5.90. The largest absolute Gasteiger partial charge is 0.438 e. The quantitative estimate of drug-likeness (QED) is 0.666. The number of hydrogen-bond donors (Lipinski definition) is 1. The lowest BCUT2D eigenvalue weighted by molar-refractivity contribution is 0.0836. The predicted molar refractivity (Wildman–Crippen MR) is 88.2 cm³/mol. The third-order valence-electron chi connectivity index (χ3n) is 3.17. The van der Waals surface area contributed by atoms with Gasteiger partial charge in [-0.05, 0) is 19.1 Å². The molecule has 8 nitrogen and oxygen atoms in total. The Bertz CT molecular complexity index is 776. The van der Waals surface area contributed by atoms with Gasteiger partial charge in [0.15, 0.2) is 11.5 Å². The van der Waals surface area contributed by atoms with Crippen molar-refractivity contribution in [2.75, 3.05) is 20.3 Å². The Labute approximate surface area is 139 Å². The molecule has 0 unspecified atom stereocenters. The second-order valence-corrected chi connectivity index (χ2v) is 4.90. The average Bonchev–Trinajstić information content (AvgIpc) is 2.61. The van der Waals surface area contributed by atoms with Crippen molar-refractivity contribution < 1.29 is 14.4 Å². The van der Waals surface area contributed by atoms with Crippen LogP contribution < -0.4 is 10.2 Å². The monoisotopic (exact) mass is 327 g/mol. The first-order chi connectivity index (χ1) is 11.8. The van der Waals surface area contributed by atoms with Crippen LogP contribution in [0.25, 0.3) is 0 Å². The highest BCUT2D eigenvalue weighted by Crippen LogP contribution is 2.25. The summed E-state index contributed by atoms with van der Waals surface area (Å²) in [5, 5.41) is 4.07. The molecule has 24 heavy (non-hydrogen) atoms. The maximum absolute atomic E-state index is 5.90. The molecule has 0 spiro atoms. The summed E-state index contributed by atoms with van der Waals surface area (Å²) in [6.45, 7) is 2.91. The first-order valence-electron chi connectivity index (χ1n) is 7.37. The SMILES string of the molecule is CO/N=C(/C1=NCCON1)c1ccccc1Oc1cc(C)ncn1. The number of aliphatic imine (C=N–C) groups is 1. The second-order valence-electron chi connectivity index (χ2n) is 4.90. The lowest BCUT2D eigenvalue weighted by Gasteiger charge is -2.17. The fourth-order valence-corrected chi connectivity index (χ4v) is 2.14. The van der Waals surface area contributed by atoms with E-state index in [0.717, 1.165) is 5.69 Å². The molecule has 0 amide bonds. The smallest absolute Gasteiger partial charge is 0.222 e. The maximum Gasteiger partial charge on any atom is 0.222 e. The van der Waals surface area contributed by atoms with Crippen LogP contribution in [-0.2, 0) is 9.68 Å². The molecule has 2 aromatic rings. The summed E-state index contributed by atoms with van der Waals surface area (Å²) in [6.07, 6.45) is 1.46. The van der Waals surface area contributed by atoms with E-state index in [2.05, 4.69) is 25.6 Å². The third-order valence-corrected chi connectivity index (χ3v) is 3.17. The van der Waals surface area contributed by atoms with Crippen molar-refractivity contribution in [2.45, 2.75) is 6.92 Å². The van der Waals surface area contributed by atoms with E-state index in [1.165, 1.54) is 13.4 Å². The van der Waals surface area contributed by atoms with Gasteiger partial charge < -0.3 is 9.57 Å². The summed E-state index contributed by atoms with van der Waals surface area (Å²) in [6, 6.07) is 9.18. The molecule has 0 fully saturated rings. The van der Waals surface area contributed by atoms with Crippen LogP contribution in [0.5, 0.6) is 11.6 Å². The van der Waals surface area contributed by atoms with Crippen molar-refractivity contribution in [1.29, 1.82) is 0 Å². The molecule has 124 valence electrons. The zero-order valence-electron chi connectivity index (χ0n) is 13.4. The standard InChI is InChI=1S/C16H17N5O3/c1-11-9-14(19-10-18-11)24-13-6-4-3-5-12(13)15(20-22-2)16-17-7-8-23-21-16/h3-6,9-10H,7-8H2,1-2H3,(H,17,21)/b20-15+. The van der Waals surface area contributed by atoms with Crippen molar-refractivity contribution in [3.63, 3.8) is 0 Å². The molecule has 1 N–H and O–H groups in total. The molecule has 1 aromatic carbocycles. The van der Waals surface area contributed by atoms with Crippen LogP contribution in [0.15, 0.2) is 46.8 Å². The van der Waals surface area contributed by atoms with Crippen molar-refractivity contribution >= 4 is 11.5 Å². The van der Waals surface area contributed by atoms with Crippen LogP contribution in [0, 0.1) is 6.92 Å². The van der Waals surface area contributed by atoms with Gasteiger partial charge in [-0.3, -0.25) is 9.83 Å². The van der Waals surface area contributed by atoms with Gasteiger partial charge in [0.1, 0.15) is 19.2 Å². The number of rotatable bonds is 5.